The molecular weight excluding hydrogens is 1020 g/mol. The minimum atomic E-state index is 0.638. The fraction of sp³-hybridized carbons (Fsp3) is 0. The van der Waals surface area contributed by atoms with Gasteiger partial charge in [0.1, 0.15) is 0 Å². The van der Waals surface area contributed by atoms with Crippen molar-refractivity contribution in [1.82, 2.24) is 29.9 Å². The second-order valence-electron chi connectivity index (χ2n) is 20.1. The molecule has 392 valence electrons. The molecule has 0 bridgehead atoms. The lowest BCUT2D eigenvalue weighted by Gasteiger charge is -2.10. The molecule has 0 radical (unpaired) electrons. The van der Waals surface area contributed by atoms with Crippen LogP contribution in [0.1, 0.15) is 0 Å². The van der Waals surface area contributed by atoms with Gasteiger partial charge in [-0.25, -0.2) is 39.6 Å². The van der Waals surface area contributed by atoms with Crippen molar-refractivity contribution in [2.45, 2.75) is 0 Å². The van der Waals surface area contributed by atoms with E-state index < -0.39 is 0 Å². The molecule has 0 amide bonds. The number of nitrogens with zero attached hydrogens (tertiary/aromatic N) is 8. The van der Waals surface area contributed by atoms with Crippen LogP contribution in [0, 0.1) is 13.1 Å². The maximum Gasteiger partial charge on any atom is 0.187 e. The highest BCUT2D eigenvalue weighted by atomic mass is 15.0. The van der Waals surface area contributed by atoms with Gasteiger partial charge in [0, 0.05) is 33.4 Å². The predicted molar refractivity (Wildman–Crippen MR) is 342 cm³/mol. The number of hydrogen-bond acceptors (Lipinski definition) is 6. The van der Waals surface area contributed by atoms with Crippen molar-refractivity contribution in [2.75, 3.05) is 0 Å². The molecular formula is C76H48N8. The molecule has 2 aromatic heterocycles. The molecule has 2 heterocycles. The third-order valence-corrected chi connectivity index (χ3v) is 14.7. The van der Waals surface area contributed by atoms with Crippen LogP contribution < -0.4 is 0 Å². The van der Waals surface area contributed by atoms with E-state index in [-0.39, 0.29) is 0 Å². The summed E-state index contributed by atoms with van der Waals surface area (Å²) in [6.07, 6.45) is 0. The van der Waals surface area contributed by atoms with Gasteiger partial charge in [-0.05, 0) is 96.4 Å². The van der Waals surface area contributed by atoms with Gasteiger partial charge in [0.2, 0.25) is 0 Å². The predicted octanol–water partition coefficient (Wildman–Crippen LogP) is 19.8. The molecule has 0 atom stereocenters. The third kappa shape index (κ3) is 11.3. The summed E-state index contributed by atoms with van der Waals surface area (Å²) in [6, 6.07) is 98.3. The van der Waals surface area contributed by atoms with Gasteiger partial charge in [0.25, 0.3) is 0 Å². The fourth-order valence-corrected chi connectivity index (χ4v) is 10.2. The standard InChI is InChI=1S/2C38H24N4/c1-39-35-14-8-13-31(25-35)33-22-18-27-17-21-32(23-34(27)24-33)26-15-19-30(20-16-26)38-41-36(28-9-4-2-5-10-28)40-37(42-38)29-11-6-3-7-12-29;1-39-35-22-20-27(21-23-35)33-19-15-28-14-18-32(24-34(28)25-33)26-12-16-31(17-13-26)38-41-36(29-8-4-2-5-9-29)40-37(42-38)30-10-6-3-7-11-30/h2*2-25H. The van der Waals surface area contributed by atoms with Crippen LogP contribution in [0.3, 0.4) is 0 Å². The first-order valence-corrected chi connectivity index (χ1v) is 27.5. The lowest BCUT2D eigenvalue weighted by atomic mass is 9.97. The maximum absolute atomic E-state index is 7.34. The van der Waals surface area contributed by atoms with E-state index in [9.17, 15) is 0 Å². The van der Waals surface area contributed by atoms with Gasteiger partial charge in [-0.3, -0.25) is 0 Å². The molecule has 14 rings (SSSR count). The Kier molecular flexibility index (Phi) is 14.4. The topological polar surface area (TPSA) is 86.1 Å². The number of benzene rings is 12. The van der Waals surface area contributed by atoms with Crippen LogP contribution in [-0.4, -0.2) is 29.9 Å². The Bertz CT molecular complexity index is 4640. The van der Waals surface area contributed by atoms with Crippen molar-refractivity contribution in [3.05, 3.63) is 314 Å². The average Bonchev–Trinajstić information content (AvgIpc) is 3.78. The first-order valence-electron chi connectivity index (χ1n) is 27.5. The van der Waals surface area contributed by atoms with Crippen LogP contribution in [0.4, 0.5) is 11.4 Å². The highest BCUT2D eigenvalue weighted by molar-refractivity contribution is 5.93. The van der Waals surface area contributed by atoms with Gasteiger partial charge in [0.15, 0.2) is 46.3 Å². The van der Waals surface area contributed by atoms with E-state index in [0.717, 1.165) is 83.3 Å². The second kappa shape index (κ2) is 23.5. The Morgan fingerprint density at radius 1 is 0.179 bits per heavy atom. The summed E-state index contributed by atoms with van der Waals surface area (Å²) in [4.78, 5) is 36.1. The zero-order valence-electron chi connectivity index (χ0n) is 45.3. The second-order valence-corrected chi connectivity index (χ2v) is 20.1. The number of aromatic nitrogens is 6. The number of rotatable bonds is 10. The van der Waals surface area contributed by atoms with Crippen molar-refractivity contribution in [3.63, 3.8) is 0 Å². The average molecular weight is 1070 g/mol. The molecule has 0 aliphatic rings. The molecule has 0 unspecified atom stereocenters. The minimum absolute atomic E-state index is 0.638. The van der Waals surface area contributed by atoms with E-state index >= 15 is 0 Å². The Hall–Kier alpha value is -11.8. The summed E-state index contributed by atoms with van der Waals surface area (Å²) in [7, 11) is 0. The lowest BCUT2D eigenvalue weighted by molar-refractivity contribution is 1.07. The Morgan fingerprint density at radius 3 is 0.726 bits per heavy atom. The SMILES string of the molecule is [C-]#[N+]c1ccc(-c2ccc3ccc(-c4ccc(-c5nc(-c6ccccc6)nc(-c6ccccc6)n5)cc4)cc3c2)cc1.[C-]#[N+]c1cccc(-c2ccc3ccc(-c4ccc(-c5nc(-c6ccccc6)nc(-c6ccccc6)n5)cc4)cc3c2)c1. The largest absolute Gasteiger partial charge is 0.238 e. The van der Waals surface area contributed by atoms with Crippen LogP contribution >= 0.6 is 0 Å². The first kappa shape index (κ1) is 51.6. The zero-order chi connectivity index (χ0) is 56.6. The van der Waals surface area contributed by atoms with Crippen molar-refractivity contribution < 1.29 is 0 Å². The van der Waals surface area contributed by atoms with Gasteiger partial charge >= 0.3 is 0 Å². The van der Waals surface area contributed by atoms with Crippen LogP contribution in [-0.2, 0) is 0 Å². The Labute approximate surface area is 487 Å². The molecule has 0 spiro atoms. The van der Waals surface area contributed by atoms with E-state index in [1.54, 1.807) is 0 Å². The molecule has 0 saturated carbocycles. The van der Waals surface area contributed by atoms with Crippen molar-refractivity contribution in [1.29, 1.82) is 0 Å². The number of hydrogen-bond donors (Lipinski definition) is 0. The molecule has 0 fully saturated rings. The highest BCUT2D eigenvalue weighted by Crippen LogP contribution is 2.35. The summed E-state index contributed by atoms with van der Waals surface area (Å²) >= 11 is 0. The van der Waals surface area contributed by atoms with Gasteiger partial charge < -0.3 is 0 Å². The summed E-state index contributed by atoms with van der Waals surface area (Å²) in [5, 5.41) is 4.68. The monoisotopic (exact) mass is 1070 g/mol. The molecule has 14 aromatic rings. The van der Waals surface area contributed by atoms with Crippen LogP contribution in [0.25, 0.3) is 144 Å². The van der Waals surface area contributed by atoms with E-state index in [4.69, 9.17) is 43.0 Å². The summed E-state index contributed by atoms with van der Waals surface area (Å²) in [5.41, 5.74) is 15.8. The molecule has 8 nitrogen and oxygen atoms in total. The third-order valence-electron chi connectivity index (χ3n) is 14.7. The van der Waals surface area contributed by atoms with E-state index in [0.29, 0.717) is 46.3 Å². The van der Waals surface area contributed by atoms with E-state index in [1.165, 1.54) is 16.2 Å². The Balaban J connectivity index is 0.000000157. The van der Waals surface area contributed by atoms with E-state index in [1.807, 2.05) is 170 Å². The van der Waals surface area contributed by atoms with Gasteiger partial charge in [-0.15, -0.1) is 0 Å². The maximum atomic E-state index is 7.34. The van der Waals surface area contributed by atoms with Crippen molar-refractivity contribution in [2.24, 2.45) is 0 Å². The first-order chi connectivity index (χ1) is 41.5. The van der Waals surface area contributed by atoms with Crippen LogP contribution in [0.2, 0.25) is 0 Å². The molecule has 12 aromatic carbocycles. The lowest BCUT2D eigenvalue weighted by Crippen LogP contribution is -2.00. The molecule has 84 heavy (non-hydrogen) atoms. The zero-order valence-corrected chi connectivity index (χ0v) is 45.3. The summed E-state index contributed by atoms with van der Waals surface area (Å²) < 4.78 is 0. The van der Waals surface area contributed by atoms with Gasteiger partial charge in [-0.1, -0.05) is 261 Å². The number of fused-ring (bicyclic) bond motifs is 2. The molecule has 0 aliphatic heterocycles. The Morgan fingerprint density at radius 2 is 0.417 bits per heavy atom. The molecule has 0 saturated heterocycles. The van der Waals surface area contributed by atoms with E-state index in [2.05, 4.69) is 131 Å². The van der Waals surface area contributed by atoms with Gasteiger partial charge in [0.05, 0.1) is 13.1 Å². The fourth-order valence-electron chi connectivity index (χ4n) is 10.2. The normalized spacial score (nSPS) is 10.8. The minimum Gasteiger partial charge on any atom is -0.238 e. The molecule has 0 aliphatic carbocycles. The summed E-state index contributed by atoms with van der Waals surface area (Å²) in [5.74, 6) is 3.88. The smallest absolute Gasteiger partial charge is 0.187 e. The molecule has 0 N–H and O–H groups in total. The van der Waals surface area contributed by atoms with Crippen LogP contribution in [0.5, 0.6) is 0 Å². The quantitative estimate of drug-likeness (QED) is 0.127. The van der Waals surface area contributed by atoms with Crippen molar-refractivity contribution >= 4 is 32.9 Å². The summed E-state index contributed by atoms with van der Waals surface area (Å²) in [6.45, 7) is 14.5. The van der Waals surface area contributed by atoms with Crippen molar-refractivity contribution in [3.8, 4) is 113 Å². The van der Waals surface area contributed by atoms with Crippen LogP contribution in [0.15, 0.2) is 291 Å². The highest BCUT2D eigenvalue weighted by Gasteiger charge is 2.15. The van der Waals surface area contributed by atoms with Gasteiger partial charge in [-0.2, -0.15) is 0 Å². The molecule has 8 heteroatoms.